The van der Waals surface area contributed by atoms with Crippen LogP contribution in [0.4, 0.5) is 0 Å². The summed E-state index contributed by atoms with van der Waals surface area (Å²) < 4.78 is 0. The molecule has 1 atom stereocenters. The molecular formula is C8H17NO2. The molecule has 3 heteroatoms. The van der Waals surface area contributed by atoms with Crippen LogP contribution in [-0.4, -0.2) is 16.6 Å². The summed E-state index contributed by atoms with van der Waals surface area (Å²) in [6, 6.07) is 0. The van der Waals surface area contributed by atoms with Crippen molar-refractivity contribution in [2.75, 3.05) is 0 Å². The number of primary amides is 1. The molecule has 0 radical (unpaired) electrons. The molecule has 3 nitrogen and oxygen atoms in total. The molecule has 0 saturated carbocycles. The van der Waals surface area contributed by atoms with Gasteiger partial charge in [0.05, 0.1) is 12.0 Å². The van der Waals surface area contributed by atoms with Crippen molar-refractivity contribution in [1.82, 2.24) is 0 Å². The fourth-order valence-corrected chi connectivity index (χ4v) is 1.33. The van der Waals surface area contributed by atoms with Crippen LogP contribution in [0.25, 0.3) is 0 Å². The first-order valence-electron chi connectivity index (χ1n) is 3.84. The van der Waals surface area contributed by atoms with Gasteiger partial charge in [-0.3, -0.25) is 4.79 Å². The molecule has 0 aromatic heterocycles. The zero-order chi connectivity index (χ0) is 9.07. The second kappa shape index (κ2) is 3.72. The first-order valence-corrected chi connectivity index (χ1v) is 3.84. The van der Waals surface area contributed by atoms with Crippen LogP contribution in [0.3, 0.4) is 0 Å². The number of hydrogen-bond donors (Lipinski definition) is 2. The van der Waals surface area contributed by atoms with Gasteiger partial charge in [0.25, 0.3) is 0 Å². The van der Waals surface area contributed by atoms with E-state index in [2.05, 4.69) is 0 Å². The van der Waals surface area contributed by atoms with Crippen LogP contribution in [0.1, 0.15) is 33.6 Å². The summed E-state index contributed by atoms with van der Waals surface area (Å²) in [6.45, 7) is 5.63. The van der Waals surface area contributed by atoms with Gasteiger partial charge in [-0.2, -0.15) is 0 Å². The summed E-state index contributed by atoms with van der Waals surface area (Å²) in [6.07, 6.45) is 0.654. The Labute approximate surface area is 67.6 Å². The molecule has 1 unspecified atom stereocenters. The first-order chi connectivity index (χ1) is 4.83. The van der Waals surface area contributed by atoms with Gasteiger partial charge in [0.15, 0.2) is 0 Å². The quantitative estimate of drug-likeness (QED) is 0.633. The molecule has 1 amide bonds. The Balaban J connectivity index is 3.89. The van der Waals surface area contributed by atoms with Gasteiger partial charge in [-0.05, 0) is 19.3 Å². The molecule has 0 heterocycles. The number of rotatable bonds is 4. The zero-order valence-corrected chi connectivity index (χ0v) is 7.42. The van der Waals surface area contributed by atoms with Crippen molar-refractivity contribution >= 4 is 5.91 Å². The maximum Gasteiger partial charge on any atom is 0.220 e. The maximum absolute atomic E-state index is 10.5. The van der Waals surface area contributed by atoms with Gasteiger partial charge >= 0.3 is 0 Å². The van der Waals surface area contributed by atoms with E-state index in [-0.39, 0.29) is 6.42 Å². The van der Waals surface area contributed by atoms with Crippen molar-refractivity contribution < 1.29 is 9.90 Å². The third-order valence-corrected chi connectivity index (χ3v) is 1.40. The summed E-state index contributed by atoms with van der Waals surface area (Å²) in [5.41, 5.74) is 4.02. The van der Waals surface area contributed by atoms with Gasteiger partial charge < -0.3 is 10.8 Å². The molecule has 0 saturated heterocycles. The molecule has 0 spiro atoms. The standard InChI is InChI=1S/C8H17NO2/c1-6(2)4-8(3,11)5-7(9)10/h6,11H,4-5H2,1-3H3,(H2,9,10). The Morgan fingerprint density at radius 1 is 1.64 bits per heavy atom. The number of hydrogen-bond acceptors (Lipinski definition) is 2. The summed E-state index contributed by atoms with van der Waals surface area (Å²) in [5.74, 6) is -0.0694. The molecule has 0 aliphatic heterocycles. The van der Waals surface area contributed by atoms with Gasteiger partial charge in [0.1, 0.15) is 0 Å². The highest BCUT2D eigenvalue weighted by Gasteiger charge is 2.23. The third kappa shape index (κ3) is 5.85. The van der Waals surface area contributed by atoms with E-state index in [9.17, 15) is 9.90 Å². The summed E-state index contributed by atoms with van der Waals surface area (Å²) in [4.78, 5) is 10.5. The van der Waals surface area contributed by atoms with Crippen LogP contribution >= 0.6 is 0 Å². The molecular weight excluding hydrogens is 142 g/mol. The lowest BCUT2D eigenvalue weighted by atomic mass is 9.91. The van der Waals surface area contributed by atoms with E-state index in [1.807, 2.05) is 13.8 Å². The van der Waals surface area contributed by atoms with E-state index in [1.165, 1.54) is 0 Å². The van der Waals surface area contributed by atoms with E-state index in [0.29, 0.717) is 12.3 Å². The minimum atomic E-state index is -0.931. The van der Waals surface area contributed by atoms with Crippen molar-refractivity contribution in [2.24, 2.45) is 11.7 Å². The van der Waals surface area contributed by atoms with Crippen LogP contribution in [0.2, 0.25) is 0 Å². The van der Waals surface area contributed by atoms with Crippen molar-refractivity contribution in [1.29, 1.82) is 0 Å². The molecule has 0 bridgehead atoms. The molecule has 3 N–H and O–H groups in total. The molecule has 0 aromatic rings. The Kier molecular flexibility index (Phi) is 3.52. The second-order valence-corrected chi connectivity index (χ2v) is 3.74. The first kappa shape index (κ1) is 10.4. The van der Waals surface area contributed by atoms with E-state index < -0.39 is 11.5 Å². The maximum atomic E-state index is 10.5. The Morgan fingerprint density at radius 2 is 2.09 bits per heavy atom. The second-order valence-electron chi connectivity index (χ2n) is 3.74. The summed E-state index contributed by atoms with van der Waals surface area (Å²) in [5, 5.41) is 9.55. The van der Waals surface area contributed by atoms with Crippen molar-refractivity contribution in [3.05, 3.63) is 0 Å². The van der Waals surface area contributed by atoms with E-state index in [1.54, 1.807) is 6.92 Å². The summed E-state index contributed by atoms with van der Waals surface area (Å²) >= 11 is 0. The molecule has 0 aliphatic carbocycles. The Bertz CT molecular complexity index is 141. The molecule has 0 rings (SSSR count). The fraction of sp³-hybridized carbons (Fsp3) is 0.875. The van der Waals surface area contributed by atoms with Gasteiger partial charge in [-0.15, -0.1) is 0 Å². The normalized spacial score (nSPS) is 16.5. The molecule has 0 aromatic carbocycles. The number of carbonyl (C=O) groups is 1. The minimum Gasteiger partial charge on any atom is -0.390 e. The van der Waals surface area contributed by atoms with Crippen molar-refractivity contribution in [2.45, 2.75) is 39.2 Å². The number of amides is 1. The highest BCUT2D eigenvalue weighted by molar-refractivity contribution is 5.74. The van der Waals surface area contributed by atoms with Gasteiger partial charge in [-0.1, -0.05) is 13.8 Å². The zero-order valence-electron chi connectivity index (χ0n) is 7.42. The average molecular weight is 159 g/mol. The fourth-order valence-electron chi connectivity index (χ4n) is 1.33. The number of aliphatic hydroxyl groups is 1. The van der Waals surface area contributed by atoms with Crippen LogP contribution in [0, 0.1) is 5.92 Å². The summed E-state index contributed by atoms with van der Waals surface area (Å²) in [7, 11) is 0. The molecule has 0 fully saturated rings. The van der Waals surface area contributed by atoms with Gasteiger partial charge in [0.2, 0.25) is 5.91 Å². The van der Waals surface area contributed by atoms with Crippen molar-refractivity contribution in [3.8, 4) is 0 Å². The Hall–Kier alpha value is -0.570. The highest BCUT2D eigenvalue weighted by Crippen LogP contribution is 2.19. The van der Waals surface area contributed by atoms with Crippen molar-refractivity contribution in [3.63, 3.8) is 0 Å². The van der Waals surface area contributed by atoms with E-state index >= 15 is 0 Å². The molecule has 0 aliphatic rings. The lowest BCUT2D eigenvalue weighted by Gasteiger charge is -2.23. The van der Waals surface area contributed by atoms with E-state index in [4.69, 9.17) is 5.73 Å². The van der Waals surface area contributed by atoms with Gasteiger partial charge in [0, 0.05) is 0 Å². The van der Waals surface area contributed by atoms with Crippen LogP contribution < -0.4 is 5.73 Å². The van der Waals surface area contributed by atoms with Crippen LogP contribution in [0.15, 0.2) is 0 Å². The Morgan fingerprint density at radius 3 is 2.36 bits per heavy atom. The smallest absolute Gasteiger partial charge is 0.220 e. The monoisotopic (exact) mass is 159 g/mol. The predicted molar refractivity (Wildman–Crippen MR) is 43.9 cm³/mol. The lowest BCUT2D eigenvalue weighted by molar-refractivity contribution is -0.122. The molecule has 11 heavy (non-hydrogen) atoms. The minimum absolute atomic E-state index is 0.0468. The topological polar surface area (TPSA) is 63.3 Å². The highest BCUT2D eigenvalue weighted by atomic mass is 16.3. The molecule has 66 valence electrons. The third-order valence-electron chi connectivity index (χ3n) is 1.40. The predicted octanol–water partition coefficient (Wildman–Crippen LogP) is 0.659. The van der Waals surface area contributed by atoms with Crippen LogP contribution in [0.5, 0.6) is 0 Å². The van der Waals surface area contributed by atoms with Crippen LogP contribution in [-0.2, 0) is 4.79 Å². The average Bonchev–Trinajstić information content (AvgIpc) is 1.53. The largest absolute Gasteiger partial charge is 0.390 e. The lowest BCUT2D eigenvalue weighted by Crippen LogP contribution is -2.32. The SMILES string of the molecule is CC(C)CC(C)(O)CC(N)=O. The number of nitrogens with two attached hydrogens (primary N) is 1. The van der Waals surface area contributed by atoms with Gasteiger partial charge in [-0.25, -0.2) is 0 Å². The van der Waals surface area contributed by atoms with E-state index in [0.717, 1.165) is 0 Å². The number of carbonyl (C=O) groups excluding carboxylic acids is 1.